The van der Waals surface area contributed by atoms with Crippen molar-refractivity contribution < 1.29 is 0 Å². The molecule has 0 saturated heterocycles. The lowest BCUT2D eigenvalue weighted by atomic mass is 9.91. The lowest BCUT2D eigenvalue weighted by Gasteiger charge is -2.21. The molecule has 0 radical (unpaired) electrons. The zero-order chi connectivity index (χ0) is 11.1. The van der Waals surface area contributed by atoms with Crippen LogP contribution in [0.4, 0.5) is 0 Å². The van der Waals surface area contributed by atoms with Crippen molar-refractivity contribution >= 4 is 22.5 Å². The SMILES string of the molecule is CN[C@H]1CCc2[nH]c3c(Cl)cccc3c2C1. The number of H-pyrrole nitrogens is 1. The quantitative estimate of drug-likeness (QED) is 0.780. The van der Waals surface area contributed by atoms with Crippen LogP contribution >= 0.6 is 11.6 Å². The number of likely N-dealkylation sites (N-methyl/N-ethyl adjacent to an activating group) is 1. The van der Waals surface area contributed by atoms with Crippen LogP contribution in [0.3, 0.4) is 0 Å². The van der Waals surface area contributed by atoms with Crippen LogP contribution in [0.2, 0.25) is 5.02 Å². The minimum absolute atomic E-state index is 0.602. The summed E-state index contributed by atoms with van der Waals surface area (Å²) in [4.78, 5) is 3.47. The molecule has 1 heterocycles. The summed E-state index contributed by atoms with van der Waals surface area (Å²) in [6, 6.07) is 6.74. The first kappa shape index (κ1) is 10.2. The summed E-state index contributed by atoms with van der Waals surface area (Å²) in [7, 11) is 2.04. The van der Waals surface area contributed by atoms with Crippen molar-refractivity contribution in [2.24, 2.45) is 0 Å². The highest BCUT2D eigenvalue weighted by Gasteiger charge is 2.21. The monoisotopic (exact) mass is 234 g/mol. The minimum Gasteiger partial charge on any atom is -0.357 e. The molecular weight excluding hydrogens is 220 g/mol. The molecule has 1 aromatic carbocycles. The number of benzene rings is 1. The third kappa shape index (κ3) is 1.45. The first-order valence-corrected chi connectivity index (χ1v) is 6.12. The van der Waals surface area contributed by atoms with E-state index in [2.05, 4.69) is 16.4 Å². The number of aromatic amines is 1. The maximum Gasteiger partial charge on any atom is 0.0648 e. The fourth-order valence-electron chi connectivity index (χ4n) is 2.65. The van der Waals surface area contributed by atoms with Crippen molar-refractivity contribution in [2.75, 3.05) is 7.05 Å². The minimum atomic E-state index is 0.602. The molecule has 3 rings (SSSR count). The number of aryl methyl sites for hydroxylation is 1. The second kappa shape index (κ2) is 3.79. The molecule has 84 valence electrons. The van der Waals surface area contributed by atoms with Crippen LogP contribution in [0.5, 0.6) is 0 Å². The molecule has 0 saturated carbocycles. The lowest BCUT2D eigenvalue weighted by Crippen LogP contribution is -2.31. The Morgan fingerprint density at radius 2 is 2.31 bits per heavy atom. The highest BCUT2D eigenvalue weighted by molar-refractivity contribution is 6.35. The third-order valence-electron chi connectivity index (χ3n) is 3.58. The Morgan fingerprint density at radius 3 is 3.12 bits per heavy atom. The van der Waals surface area contributed by atoms with Gasteiger partial charge >= 0.3 is 0 Å². The van der Waals surface area contributed by atoms with Crippen molar-refractivity contribution in [3.63, 3.8) is 0 Å². The molecule has 1 aliphatic rings. The Kier molecular flexibility index (Phi) is 2.41. The van der Waals surface area contributed by atoms with Crippen LogP contribution in [0, 0.1) is 0 Å². The van der Waals surface area contributed by atoms with Crippen LogP contribution in [-0.2, 0) is 12.8 Å². The maximum atomic E-state index is 6.20. The number of nitrogens with one attached hydrogen (secondary N) is 2. The fraction of sp³-hybridized carbons (Fsp3) is 0.385. The van der Waals surface area contributed by atoms with Gasteiger partial charge in [-0.3, -0.25) is 0 Å². The van der Waals surface area contributed by atoms with Gasteiger partial charge in [-0.2, -0.15) is 0 Å². The van der Waals surface area contributed by atoms with Gasteiger partial charge in [0.2, 0.25) is 0 Å². The summed E-state index contributed by atoms with van der Waals surface area (Å²) in [5.41, 5.74) is 3.92. The van der Waals surface area contributed by atoms with Gasteiger partial charge in [0.1, 0.15) is 0 Å². The van der Waals surface area contributed by atoms with Crippen molar-refractivity contribution in [1.29, 1.82) is 0 Å². The van der Waals surface area contributed by atoms with Crippen molar-refractivity contribution in [3.8, 4) is 0 Å². The number of para-hydroxylation sites is 1. The van der Waals surface area contributed by atoms with E-state index in [1.54, 1.807) is 0 Å². The van der Waals surface area contributed by atoms with Crippen molar-refractivity contribution in [1.82, 2.24) is 10.3 Å². The molecule has 1 aliphatic carbocycles. The van der Waals surface area contributed by atoms with Crippen LogP contribution in [0.25, 0.3) is 10.9 Å². The average molecular weight is 235 g/mol. The largest absolute Gasteiger partial charge is 0.357 e. The average Bonchev–Trinajstić information content (AvgIpc) is 2.68. The summed E-state index contributed by atoms with van der Waals surface area (Å²) >= 11 is 6.20. The van der Waals surface area contributed by atoms with E-state index in [1.165, 1.54) is 23.1 Å². The molecule has 1 aromatic heterocycles. The summed E-state index contributed by atoms with van der Waals surface area (Å²) in [6.07, 6.45) is 3.42. The molecule has 2 aromatic rings. The summed E-state index contributed by atoms with van der Waals surface area (Å²) < 4.78 is 0. The highest BCUT2D eigenvalue weighted by atomic mass is 35.5. The van der Waals surface area contributed by atoms with Gasteiger partial charge < -0.3 is 10.3 Å². The van der Waals surface area contributed by atoms with E-state index in [0.717, 1.165) is 23.4 Å². The summed E-state index contributed by atoms with van der Waals surface area (Å²) in [5.74, 6) is 0. The van der Waals surface area contributed by atoms with Gasteiger partial charge in [0.15, 0.2) is 0 Å². The van der Waals surface area contributed by atoms with E-state index in [0.29, 0.717) is 6.04 Å². The van der Waals surface area contributed by atoms with E-state index < -0.39 is 0 Å². The first-order chi connectivity index (χ1) is 7.79. The van der Waals surface area contributed by atoms with Crippen LogP contribution in [0.15, 0.2) is 18.2 Å². The highest BCUT2D eigenvalue weighted by Crippen LogP contribution is 2.32. The second-order valence-corrected chi connectivity index (χ2v) is 4.88. The van der Waals surface area contributed by atoms with Crippen molar-refractivity contribution in [2.45, 2.75) is 25.3 Å². The molecule has 0 aliphatic heterocycles. The Labute approximate surface area is 100.0 Å². The van der Waals surface area contributed by atoms with Gasteiger partial charge in [0, 0.05) is 17.1 Å². The molecule has 1 atom stereocenters. The van der Waals surface area contributed by atoms with Gasteiger partial charge in [-0.25, -0.2) is 0 Å². The van der Waals surface area contributed by atoms with E-state index in [9.17, 15) is 0 Å². The van der Waals surface area contributed by atoms with Gasteiger partial charge in [-0.1, -0.05) is 23.7 Å². The van der Waals surface area contributed by atoms with E-state index in [4.69, 9.17) is 11.6 Å². The predicted molar refractivity (Wildman–Crippen MR) is 68.2 cm³/mol. The van der Waals surface area contributed by atoms with Crippen molar-refractivity contribution in [3.05, 3.63) is 34.5 Å². The molecule has 0 unspecified atom stereocenters. The zero-order valence-corrected chi connectivity index (χ0v) is 10.1. The van der Waals surface area contributed by atoms with Gasteiger partial charge in [-0.15, -0.1) is 0 Å². The normalized spacial score (nSPS) is 20.0. The topological polar surface area (TPSA) is 27.8 Å². The maximum absolute atomic E-state index is 6.20. The molecule has 0 amide bonds. The number of hydrogen-bond acceptors (Lipinski definition) is 1. The third-order valence-corrected chi connectivity index (χ3v) is 3.90. The Hall–Kier alpha value is -0.990. The van der Waals surface area contributed by atoms with Gasteiger partial charge in [-0.05, 0) is 37.9 Å². The first-order valence-electron chi connectivity index (χ1n) is 5.75. The molecule has 0 spiro atoms. The van der Waals surface area contributed by atoms with E-state index in [-0.39, 0.29) is 0 Å². The van der Waals surface area contributed by atoms with Crippen LogP contribution < -0.4 is 5.32 Å². The number of fused-ring (bicyclic) bond motifs is 3. The number of aromatic nitrogens is 1. The molecule has 3 heteroatoms. The Bertz CT molecular complexity index is 530. The smallest absolute Gasteiger partial charge is 0.0648 e. The Balaban J connectivity index is 2.18. The molecule has 2 nitrogen and oxygen atoms in total. The number of halogens is 1. The molecular formula is C13H15ClN2. The number of rotatable bonds is 1. The second-order valence-electron chi connectivity index (χ2n) is 4.47. The van der Waals surface area contributed by atoms with Crippen LogP contribution in [0.1, 0.15) is 17.7 Å². The number of hydrogen-bond donors (Lipinski definition) is 2. The van der Waals surface area contributed by atoms with Crippen LogP contribution in [-0.4, -0.2) is 18.1 Å². The molecule has 16 heavy (non-hydrogen) atoms. The lowest BCUT2D eigenvalue weighted by molar-refractivity contribution is 0.495. The summed E-state index contributed by atoms with van der Waals surface area (Å²) in [5, 5.41) is 5.49. The fourth-order valence-corrected chi connectivity index (χ4v) is 2.87. The molecule has 0 fully saturated rings. The standard InChI is InChI=1S/C13H15ClN2/c1-15-8-5-6-12-10(7-8)9-3-2-4-11(14)13(9)16-12/h2-4,8,15-16H,5-7H2,1H3/t8-/m0/s1. The predicted octanol–water partition coefficient (Wildman–Crippen LogP) is 2.90. The summed E-state index contributed by atoms with van der Waals surface area (Å²) in [6.45, 7) is 0. The van der Waals surface area contributed by atoms with E-state index >= 15 is 0 Å². The van der Waals surface area contributed by atoms with Gasteiger partial charge in [0.25, 0.3) is 0 Å². The van der Waals surface area contributed by atoms with E-state index in [1.807, 2.05) is 19.2 Å². The molecule has 0 bridgehead atoms. The zero-order valence-electron chi connectivity index (χ0n) is 9.31. The molecule has 2 N–H and O–H groups in total. The Morgan fingerprint density at radius 1 is 1.44 bits per heavy atom. The van der Waals surface area contributed by atoms with Gasteiger partial charge in [0.05, 0.1) is 10.5 Å².